The molecule has 1 heteroatoms. The van der Waals surface area contributed by atoms with Gasteiger partial charge in [0, 0.05) is 13.2 Å². The monoisotopic (exact) mass is 186 g/mol. The van der Waals surface area contributed by atoms with Crippen molar-refractivity contribution in [3.8, 4) is 0 Å². The van der Waals surface area contributed by atoms with Crippen molar-refractivity contribution in [2.45, 2.75) is 59.3 Å². The van der Waals surface area contributed by atoms with Crippen LogP contribution in [0.1, 0.15) is 59.3 Å². The Morgan fingerprint density at radius 1 is 1.00 bits per heavy atom. The fourth-order valence-electron chi connectivity index (χ4n) is 1.50. The first-order valence-corrected chi connectivity index (χ1v) is 5.89. The Morgan fingerprint density at radius 2 is 1.69 bits per heavy atom. The van der Waals surface area contributed by atoms with Crippen LogP contribution in [-0.2, 0) is 4.74 Å². The van der Waals surface area contributed by atoms with E-state index in [1.165, 1.54) is 38.5 Å². The van der Waals surface area contributed by atoms with E-state index in [9.17, 15) is 0 Å². The molecule has 0 saturated heterocycles. The van der Waals surface area contributed by atoms with Gasteiger partial charge in [0.2, 0.25) is 0 Å². The van der Waals surface area contributed by atoms with Crippen LogP contribution in [0.3, 0.4) is 0 Å². The van der Waals surface area contributed by atoms with Gasteiger partial charge in [-0.3, -0.25) is 0 Å². The van der Waals surface area contributed by atoms with Gasteiger partial charge < -0.3 is 4.74 Å². The minimum atomic E-state index is 0.751. The quantitative estimate of drug-likeness (QED) is 0.494. The van der Waals surface area contributed by atoms with E-state index < -0.39 is 0 Å². The van der Waals surface area contributed by atoms with Crippen LogP contribution in [0.4, 0.5) is 0 Å². The molecule has 0 heterocycles. The maximum absolute atomic E-state index is 5.37. The van der Waals surface area contributed by atoms with Crippen molar-refractivity contribution < 1.29 is 4.74 Å². The normalized spacial score (nSPS) is 13.2. The summed E-state index contributed by atoms with van der Waals surface area (Å²) < 4.78 is 5.37. The van der Waals surface area contributed by atoms with Crippen LogP contribution in [0, 0.1) is 5.92 Å². The summed E-state index contributed by atoms with van der Waals surface area (Å²) in [5, 5.41) is 0. The third kappa shape index (κ3) is 9.88. The predicted molar refractivity (Wildman–Crippen MR) is 59.0 cm³/mol. The number of hydrogen-bond donors (Lipinski definition) is 0. The molecule has 0 aliphatic carbocycles. The van der Waals surface area contributed by atoms with Crippen molar-refractivity contribution in [3.63, 3.8) is 0 Å². The van der Waals surface area contributed by atoms with E-state index in [2.05, 4.69) is 20.8 Å². The van der Waals surface area contributed by atoms with Gasteiger partial charge >= 0.3 is 0 Å². The van der Waals surface area contributed by atoms with Crippen LogP contribution >= 0.6 is 0 Å². The molecule has 1 nitrogen and oxygen atoms in total. The summed E-state index contributed by atoms with van der Waals surface area (Å²) in [4.78, 5) is 0. The topological polar surface area (TPSA) is 9.23 Å². The van der Waals surface area contributed by atoms with E-state index in [0.717, 1.165) is 19.1 Å². The highest BCUT2D eigenvalue weighted by Gasteiger charge is 2.00. The fraction of sp³-hybridized carbons (Fsp3) is 1.00. The Balaban J connectivity index is 3.03. The molecule has 0 aliphatic rings. The molecule has 0 aromatic carbocycles. The zero-order valence-corrected chi connectivity index (χ0v) is 9.64. The van der Waals surface area contributed by atoms with Gasteiger partial charge in [-0.2, -0.15) is 0 Å². The lowest BCUT2D eigenvalue weighted by Crippen LogP contribution is -2.05. The Kier molecular flexibility index (Phi) is 10.0. The van der Waals surface area contributed by atoms with Crippen molar-refractivity contribution in [1.82, 2.24) is 0 Å². The van der Waals surface area contributed by atoms with E-state index in [-0.39, 0.29) is 0 Å². The van der Waals surface area contributed by atoms with E-state index in [1.54, 1.807) is 0 Å². The van der Waals surface area contributed by atoms with E-state index >= 15 is 0 Å². The van der Waals surface area contributed by atoms with E-state index in [4.69, 9.17) is 4.74 Å². The fourth-order valence-corrected chi connectivity index (χ4v) is 1.50. The zero-order chi connectivity index (χ0) is 9.94. The largest absolute Gasteiger partial charge is 0.381 e. The molecule has 0 fully saturated rings. The van der Waals surface area contributed by atoms with Gasteiger partial charge in [0.1, 0.15) is 0 Å². The number of rotatable bonds is 9. The summed E-state index contributed by atoms with van der Waals surface area (Å²) in [6.45, 7) is 8.42. The van der Waals surface area contributed by atoms with Crippen molar-refractivity contribution in [2.75, 3.05) is 13.2 Å². The van der Waals surface area contributed by atoms with Crippen LogP contribution in [-0.4, -0.2) is 13.2 Å². The third-order valence-electron chi connectivity index (χ3n) is 2.41. The lowest BCUT2D eigenvalue weighted by molar-refractivity contribution is 0.112. The van der Waals surface area contributed by atoms with Gasteiger partial charge in [0.15, 0.2) is 0 Å². The lowest BCUT2D eigenvalue weighted by atomic mass is 10.0. The summed E-state index contributed by atoms with van der Waals surface area (Å²) in [7, 11) is 0. The molecule has 0 bridgehead atoms. The number of ether oxygens (including phenoxy) is 1. The van der Waals surface area contributed by atoms with Crippen molar-refractivity contribution >= 4 is 0 Å². The van der Waals surface area contributed by atoms with Crippen molar-refractivity contribution in [1.29, 1.82) is 0 Å². The van der Waals surface area contributed by atoms with Gasteiger partial charge in [0.05, 0.1) is 0 Å². The van der Waals surface area contributed by atoms with Gasteiger partial charge in [-0.15, -0.1) is 0 Å². The predicted octanol–water partition coefficient (Wildman–Crippen LogP) is 4.02. The standard InChI is InChI=1S/C12H26O/c1-4-6-7-8-9-10-12(3)11-13-5-2/h12H,4-11H2,1-3H3. The molecule has 0 aromatic rings. The first kappa shape index (κ1) is 13.0. The molecule has 0 rings (SSSR count). The molecule has 13 heavy (non-hydrogen) atoms. The summed E-state index contributed by atoms with van der Waals surface area (Å²) >= 11 is 0. The van der Waals surface area contributed by atoms with Gasteiger partial charge in [-0.25, -0.2) is 0 Å². The molecule has 0 aromatic heterocycles. The van der Waals surface area contributed by atoms with Gasteiger partial charge in [-0.1, -0.05) is 46.0 Å². The Labute approximate surface area is 83.9 Å². The molecule has 80 valence electrons. The van der Waals surface area contributed by atoms with Gasteiger partial charge in [0.25, 0.3) is 0 Å². The molecular weight excluding hydrogens is 160 g/mol. The first-order valence-electron chi connectivity index (χ1n) is 5.89. The average molecular weight is 186 g/mol. The number of hydrogen-bond acceptors (Lipinski definition) is 1. The van der Waals surface area contributed by atoms with Crippen molar-refractivity contribution in [2.24, 2.45) is 5.92 Å². The zero-order valence-electron chi connectivity index (χ0n) is 9.64. The molecule has 0 radical (unpaired) electrons. The Hall–Kier alpha value is -0.0400. The highest BCUT2D eigenvalue weighted by atomic mass is 16.5. The summed E-state index contributed by atoms with van der Waals surface area (Å²) in [5.74, 6) is 0.751. The minimum Gasteiger partial charge on any atom is -0.381 e. The third-order valence-corrected chi connectivity index (χ3v) is 2.41. The van der Waals surface area contributed by atoms with E-state index in [1.807, 2.05) is 0 Å². The lowest BCUT2D eigenvalue weighted by Gasteiger charge is -2.10. The van der Waals surface area contributed by atoms with Crippen LogP contribution in [0.15, 0.2) is 0 Å². The second-order valence-corrected chi connectivity index (χ2v) is 3.97. The number of unbranched alkanes of at least 4 members (excludes halogenated alkanes) is 4. The van der Waals surface area contributed by atoms with Crippen LogP contribution in [0.2, 0.25) is 0 Å². The maximum atomic E-state index is 5.37. The molecular formula is C12H26O. The first-order chi connectivity index (χ1) is 6.31. The molecule has 0 saturated carbocycles. The molecule has 1 unspecified atom stereocenters. The van der Waals surface area contributed by atoms with Crippen LogP contribution < -0.4 is 0 Å². The summed E-state index contributed by atoms with van der Waals surface area (Å²) in [5.41, 5.74) is 0. The van der Waals surface area contributed by atoms with Crippen LogP contribution in [0.25, 0.3) is 0 Å². The van der Waals surface area contributed by atoms with Gasteiger partial charge in [-0.05, 0) is 19.3 Å². The SMILES string of the molecule is CCCCCCCC(C)COCC. The summed E-state index contributed by atoms with van der Waals surface area (Å²) in [6, 6.07) is 0. The van der Waals surface area contributed by atoms with Crippen LogP contribution in [0.5, 0.6) is 0 Å². The molecule has 0 aliphatic heterocycles. The second kappa shape index (κ2) is 10.0. The maximum Gasteiger partial charge on any atom is 0.0491 e. The Bertz CT molecular complexity index is 91.1. The summed E-state index contributed by atoms with van der Waals surface area (Å²) in [6.07, 6.45) is 8.29. The van der Waals surface area contributed by atoms with E-state index in [0.29, 0.717) is 0 Å². The minimum absolute atomic E-state index is 0.751. The van der Waals surface area contributed by atoms with Crippen molar-refractivity contribution in [3.05, 3.63) is 0 Å². The molecule has 0 spiro atoms. The highest BCUT2D eigenvalue weighted by molar-refractivity contribution is 4.52. The molecule has 0 N–H and O–H groups in total. The molecule has 1 atom stereocenters. The highest BCUT2D eigenvalue weighted by Crippen LogP contribution is 2.11. The second-order valence-electron chi connectivity index (χ2n) is 3.97. The average Bonchev–Trinajstić information content (AvgIpc) is 2.14. The molecule has 0 amide bonds. The smallest absolute Gasteiger partial charge is 0.0491 e. The Morgan fingerprint density at radius 3 is 2.31 bits per heavy atom.